The van der Waals surface area contributed by atoms with E-state index in [9.17, 15) is 0 Å². The summed E-state index contributed by atoms with van der Waals surface area (Å²) in [4.78, 5) is 0. The molecule has 2 aliphatic carbocycles. The molecule has 6 rings (SSSR count). The van der Waals surface area contributed by atoms with Crippen LogP contribution in [0.1, 0.15) is 38.7 Å². The van der Waals surface area contributed by atoms with E-state index in [0.717, 1.165) is 19.3 Å². The SMILES string of the molecule is C1=CC[C](/[Zr+2](=[C](/CCc2ccccc2)Cc2ccccc2)[CH]2c3ccccc3-c3ccccc32)=C1.[Cl-].[Cl-]. The second-order valence-electron chi connectivity index (χ2n) is 9.60. The number of hydrogen-bond acceptors (Lipinski definition) is 0. The van der Waals surface area contributed by atoms with E-state index < -0.39 is 21.3 Å². The van der Waals surface area contributed by atoms with Gasteiger partial charge < -0.3 is 24.8 Å². The molecule has 4 aromatic carbocycles. The average Bonchev–Trinajstić information content (AvgIpc) is 3.56. The predicted molar refractivity (Wildman–Crippen MR) is 145 cm³/mol. The van der Waals surface area contributed by atoms with Gasteiger partial charge in [0.15, 0.2) is 0 Å². The first-order valence-corrected chi connectivity index (χ1v) is 16.6. The van der Waals surface area contributed by atoms with Gasteiger partial charge in [-0.25, -0.2) is 0 Å². The van der Waals surface area contributed by atoms with Gasteiger partial charge in [0.25, 0.3) is 0 Å². The monoisotopic (exact) mass is 598 g/mol. The number of aryl methyl sites for hydroxylation is 1. The summed E-state index contributed by atoms with van der Waals surface area (Å²) in [5.41, 5.74) is 8.97. The topological polar surface area (TPSA) is 0 Å². The summed E-state index contributed by atoms with van der Waals surface area (Å²) in [6.45, 7) is 0. The summed E-state index contributed by atoms with van der Waals surface area (Å²) >= 11 is -2.32. The molecule has 0 unspecified atom stereocenters. The Balaban J connectivity index is 0.00000160. The fraction of sp³-hybridized carbons (Fsp3) is 0.147. The van der Waals surface area contributed by atoms with Gasteiger partial charge in [0.05, 0.1) is 0 Å². The van der Waals surface area contributed by atoms with Crippen LogP contribution < -0.4 is 24.8 Å². The van der Waals surface area contributed by atoms with Crippen LogP contribution in [-0.2, 0) is 34.1 Å². The Morgan fingerprint density at radius 3 is 1.76 bits per heavy atom. The minimum Gasteiger partial charge on any atom is -1.00 e. The van der Waals surface area contributed by atoms with E-state index in [4.69, 9.17) is 0 Å². The van der Waals surface area contributed by atoms with Gasteiger partial charge in [0, 0.05) is 0 Å². The minimum atomic E-state index is -2.32. The van der Waals surface area contributed by atoms with Gasteiger partial charge in [-0.1, -0.05) is 0 Å². The van der Waals surface area contributed by atoms with Gasteiger partial charge in [0.2, 0.25) is 0 Å². The van der Waals surface area contributed by atoms with Gasteiger partial charge in [0.1, 0.15) is 0 Å². The van der Waals surface area contributed by atoms with Crippen molar-refractivity contribution in [1.29, 1.82) is 0 Å². The van der Waals surface area contributed by atoms with Crippen molar-refractivity contribution >= 4 is 3.21 Å². The molecule has 184 valence electrons. The maximum atomic E-state index is 2.48. The number of fused-ring (bicyclic) bond motifs is 3. The van der Waals surface area contributed by atoms with Crippen LogP contribution in [0.5, 0.6) is 0 Å². The molecule has 0 spiro atoms. The molecule has 0 atom stereocenters. The molecule has 0 amide bonds. The Hall–Kier alpha value is -2.31. The molecule has 0 N–H and O–H groups in total. The molecule has 0 aliphatic heterocycles. The van der Waals surface area contributed by atoms with E-state index in [2.05, 4.69) is 127 Å². The Bertz CT molecular complexity index is 1390. The molecule has 2 aliphatic rings. The molecule has 0 saturated heterocycles. The van der Waals surface area contributed by atoms with Crippen LogP contribution in [0.4, 0.5) is 0 Å². The van der Waals surface area contributed by atoms with Crippen molar-refractivity contribution in [3.8, 4) is 11.1 Å². The zero-order valence-electron chi connectivity index (χ0n) is 20.8. The summed E-state index contributed by atoms with van der Waals surface area (Å²) in [6.07, 6.45) is 11.7. The third-order valence-electron chi connectivity index (χ3n) is 7.44. The largest absolute Gasteiger partial charge is 1.00 e. The van der Waals surface area contributed by atoms with Gasteiger partial charge in [-0.2, -0.15) is 0 Å². The van der Waals surface area contributed by atoms with E-state index >= 15 is 0 Å². The third kappa shape index (κ3) is 5.91. The van der Waals surface area contributed by atoms with Gasteiger partial charge >= 0.3 is 218 Å². The van der Waals surface area contributed by atoms with Crippen molar-refractivity contribution in [2.75, 3.05) is 0 Å². The number of halogens is 2. The summed E-state index contributed by atoms with van der Waals surface area (Å²) in [7, 11) is 0. The molecule has 0 fully saturated rings. The predicted octanol–water partition coefficient (Wildman–Crippen LogP) is 2.27. The third-order valence-corrected chi connectivity index (χ3v) is 15.9. The molecular weight excluding hydrogens is 571 g/mol. The van der Waals surface area contributed by atoms with Crippen molar-refractivity contribution in [1.82, 2.24) is 0 Å². The van der Waals surface area contributed by atoms with Crippen molar-refractivity contribution in [3.63, 3.8) is 0 Å². The number of hydrogen-bond donors (Lipinski definition) is 0. The van der Waals surface area contributed by atoms with Gasteiger partial charge in [-0.3, -0.25) is 0 Å². The molecule has 0 nitrogen and oxygen atoms in total. The quantitative estimate of drug-likeness (QED) is 0.306. The number of allylic oxidation sites excluding steroid dienone is 4. The Labute approximate surface area is 241 Å². The van der Waals surface area contributed by atoms with Crippen LogP contribution in [0.2, 0.25) is 0 Å². The second-order valence-corrected chi connectivity index (χ2v) is 16.4. The first-order valence-electron chi connectivity index (χ1n) is 12.7. The van der Waals surface area contributed by atoms with Crippen molar-refractivity contribution in [2.45, 2.75) is 29.3 Å². The summed E-state index contributed by atoms with van der Waals surface area (Å²) in [5.74, 6) is 0. The van der Waals surface area contributed by atoms with Crippen LogP contribution in [0.15, 0.2) is 131 Å². The van der Waals surface area contributed by atoms with Crippen LogP contribution in [-0.4, -0.2) is 3.21 Å². The normalized spacial score (nSPS) is 13.6. The zero-order chi connectivity index (χ0) is 23.5. The molecule has 3 heteroatoms. The van der Waals surface area contributed by atoms with E-state index in [1.807, 2.05) is 3.21 Å². The first kappa shape index (κ1) is 27.7. The second kappa shape index (κ2) is 13.0. The average molecular weight is 601 g/mol. The van der Waals surface area contributed by atoms with E-state index in [-0.39, 0.29) is 24.8 Å². The van der Waals surface area contributed by atoms with Crippen LogP contribution in [0.25, 0.3) is 11.1 Å². The first-order chi connectivity index (χ1) is 17.4. The summed E-state index contributed by atoms with van der Waals surface area (Å²) in [5, 5.41) is 0. The smallest absolute Gasteiger partial charge is 1.00 e. The molecule has 0 bridgehead atoms. The molecule has 0 aromatic heterocycles. The molecule has 0 radical (unpaired) electrons. The Kier molecular flexibility index (Phi) is 9.72. The van der Waals surface area contributed by atoms with Gasteiger partial charge in [-0.15, -0.1) is 0 Å². The summed E-state index contributed by atoms with van der Waals surface area (Å²) < 4.78 is 4.15. The molecule has 37 heavy (non-hydrogen) atoms. The van der Waals surface area contributed by atoms with Gasteiger partial charge in [-0.05, 0) is 0 Å². The summed E-state index contributed by atoms with van der Waals surface area (Å²) in [6, 6.07) is 40.7. The van der Waals surface area contributed by atoms with E-state index in [0.29, 0.717) is 3.63 Å². The fourth-order valence-corrected chi connectivity index (χ4v) is 15.1. The van der Waals surface area contributed by atoms with Crippen LogP contribution in [0.3, 0.4) is 0 Å². The van der Waals surface area contributed by atoms with E-state index in [1.165, 1.54) is 28.7 Å². The van der Waals surface area contributed by atoms with Crippen molar-refractivity contribution in [2.24, 2.45) is 0 Å². The number of rotatable bonds is 7. The Morgan fingerprint density at radius 1 is 0.649 bits per heavy atom. The molecule has 0 heterocycles. The Morgan fingerprint density at radius 2 is 1.19 bits per heavy atom. The maximum absolute atomic E-state index is 2.48. The zero-order valence-corrected chi connectivity index (χ0v) is 24.8. The van der Waals surface area contributed by atoms with Crippen molar-refractivity contribution in [3.05, 3.63) is 153 Å². The maximum Gasteiger partial charge on any atom is -1.00 e. The van der Waals surface area contributed by atoms with Crippen LogP contribution in [0, 0.1) is 0 Å². The minimum absolute atomic E-state index is 0. The standard InChI is InChI=1S/C16H16.C13H9.C5H5.2ClH.Zr/c1-3-9-15(10-4-1)13-7-8-14-16-11-5-2-6-12-16;1-3-7-12-10(5-1)9-11-6-2-4-8-13(11)12;1-2-4-5-3-1;;;/h1-6,9-12H,7,13-14H2;1-9H;1-3H,4H2;2*1H;/q;;;;;+2/p-2. The number of benzene rings is 4. The fourth-order valence-electron chi connectivity index (χ4n) is 5.83. The molecule has 4 aromatic rings. The van der Waals surface area contributed by atoms with Crippen LogP contribution >= 0.6 is 0 Å². The van der Waals surface area contributed by atoms with E-state index in [1.54, 1.807) is 14.4 Å². The molecule has 0 saturated carbocycles. The molecular formula is C34H30Cl2Zr. The van der Waals surface area contributed by atoms with Crippen molar-refractivity contribution < 1.29 is 46.1 Å².